The molecule has 0 radical (unpaired) electrons. The summed E-state index contributed by atoms with van der Waals surface area (Å²) in [6.45, 7) is 5.18. The molecular weight excluding hydrogens is 488 g/mol. The van der Waals surface area contributed by atoms with Crippen molar-refractivity contribution in [2.45, 2.75) is 46.3 Å². The third-order valence-corrected chi connectivity index (χ3v) is 6.56. The highest BCUT2D eigenvalue weighted by molar-refractivity contribution is 5.80. The molecule has 0 saturated carbocycles. The maximum atomic E-state index is 6.35. The number of ether oxygens (including phenoxy) is 2. The molecule has 0 saturated heterocycles. The van der Waals surface area contributed by atoms with Gasteiger partial charge in [-0.15, -0.1) is 10.2 Å². The predicted molar refractivity (Wildman–Crippen MR) is 150 cm³/mol. The summed E-state index contributed by atoms with van der Waals surface area (Å²) in [7, 11) is 1.71. The number of tetrazole rings is 1. The summed E-state index contributed by atoms with van der Waals surface area (Å²) in [5.74, 6) is 2.04. The van der Waals surface area contributed by atoms with E-state index < -0.39 is 0 Å². The lowest BCUT2D eigenvalue weighted by Crippen LogP contribution is -2.08. The van der Waals surface area contributed by atoms with Gasteiger partial charge in [-0.2, -0.15) is 10.2 Å². The average Bonchev–Trinajstić information content (AvgIpc) is 3.50. The number of methoxy groups -OCH3 is 1. The molecule has 0 atom stereocenters. The van der Waals surface area contributed by atoms with E-state index in [1.807, 2.05) is 25.1 Å². The monoisotopic (exact) mass is 520 g/mol. The van der Waals surface area contributed by atoms with Crippen LogP contribution >= 0.6 is 0 Å². The number of rotatable bonds is 11. The molecule has 2 heterocycles. The molecule has 39 heavy (non-hydrogen) atoms. The van der Waals surface area contributed by atoms with Gasteiger partial charge in [0.25, 0.3) is 0 Å². The molecular formula is C31H32N6O2. The first-order chi connectivity index (χ1) is 19.1. The third-order valence-electron chi connectivity index (χ3n) is 6.56. The lowest BCUT2D eigenvalue weighted by atomic mass is 9.98. The molecule has 2 aromatic heterocycles. The molecule has 0 unspecified atom stereocenters. The molecule has 5 aromatic rings. The molecule has 0 aliphatic rings. The number of aromatic amines is 1. The Hall–Kier alpha value is -4.43. The van der Waals surface area contributed by atoms with Crippen LogP contribution in [0.1, 0.15) is 47.1 Å². The summed E-state index contributed by atoms with van der Waals surface area (Å²) >= 11 is 0. The third kappa shape index (κ3) is 6.35. The van der Waals surface area contributed by atoms with Crippen molar-refractivity contribution in [3.63, 3.8) is 0 Å². The van der Waals surface area contributed by atoms with Gasteiger partial charge in [0.15, 0.2) is 0 Å². The van der Waals surface area contributed by atoms with Gasteiger partial charge in [0.2, 0.25) is 11.7 Å². The van der Waals surface area contributed by atoms with Crippen LogP contribution in [0.2, 0.25) is 0 Å². The van der Waals surface area contributed by atoms with Gasteiger partial charge < -0.3 is 9.47 Å². The minimum absolute atomic E-state index is 0.411. The smallest absolute Gasteiger partial charge is 0.220 e. The Labute approximate surface area is 228 Å². The van der Waals surface area contributed by atoms with E-state index in [1.165, 1.54) is 5.56 Å². The van der Waals surface area contributed by atoms with Crippen LogP contribution in [0.4, 0.5) is 0 Å². The summed E-state index contributed by atoms with van der Waals surface area (Å²) in [4.78, 5) is 9.58. The Morgan fingerprint density at radius 1 is 0.795 bits per heavy atom. The van der Waals surface area contributed by atoms with Crippen LogP contribution in [0.25, 0.3) is 22.5 Å². The minimum Gasteiger partial charge on any atom is -0.472 e. The van der Waals surface area contributed by atoms with Gasteiger partial charge in [-0.25, -0.2) is 4.98 Å². The molecule has 0 aliphatic carbocycles. The molecule has 3 aromatic carbocycles. The summed E-state index contributed by atoms with van der Waals surface area (Å²) in [6.07, 6.45) is 2.50. The molecule has 1 N–H and O–H groups in total. The lowest BCUT2D eigenvalue weighted by molar-refractivity contribution is 0.185. The highest BCUT2D eigenvalue weighted by atomic mass is 16.5. The number of aromatic nitrogens is 6. The minimum atomic E-state index is 0.411. The van der Waals surface area contributed by atoms with E-state index in [-0.39, 0.29) is 0 Å². The van der Waals surface area contributed by atoms with Crippen molar-refractivity contribution >= 4 is 0 Å². The van der Waals surface area contributed by atoms with Crippen LogP contribution in [-0.2, 0) is 30.8 Å². The van der Waals surface area contributed by atoms with Crippen LogP contribution in [0.15, 0.2) is 72.8 Å². The second kappa shape index (κ2) is 12.4. The fourth-order valence-corrected chi connectivity index (χ4v) is 4.55. The van der Waals surface area contributed by atoms with Gasteiger partial charge in [0.05, 0.1) is 6.61 Å². The molecule has 8 heteroatoms. The Balaban J connectivity index is 1.35. The first-order valence-electron chi connectivity index (χ1n) is 13.1. The van der Waals surface area contributed by atoms with E-state index >= 15 is 0 Å². The Morgan fingerprint density at radius 2 is 1.49 bits per heavy atom. The lowest BCUT2D eigenvalue weighted by Gasteiger charge is -2.15. The van der Waals surface area contributed by atoms with Gasteiger partial charge in [-0.05, 0) is 46.4 Å². The van der Waals surface area contributed by atoms with Gasteiger partial charge in [0, 0.05) is 36.8 Å². The van der Waals surface area contributed by atoms with Crippen molar-refractivity contribution in [3.8, 4) is 28.4 Å². The number of hydrogen-bond acceptors (Lipinski definition) is 7. The van der Waals surface area contributed by atoms with E-state index in [9.17, 15) is 0 Å². The Morgan fingerprint density at radius 3 is 2.18 bits per heavy atom. The average molecular weight is 521 g/mol. The highest BCUT2D eigenvalue weighted by Crippen LogP contribution is 2.30. The zero-order valence-corrected chi connectivity index (χ0v) is 22.5. The molecule has 0 fully saturated rings. The summed E-state index contributed by atoms with van der Waals surface area (Å²) in [5, 5.41) is 14.5. The SMILES string of the molecule is CCCc1nc(C)c(Cc2ccc(COC)cc2)c(OCc2ccc(-c3ccccc3-c3nn[nH]n3)cc2)n1. The van der Waals surface area contributed by atoms with Gasteiger partial charge in [0.1, 0.15) is 12.4 Å². The summed E-state index contributed by atoms with van der Waals surface area (Å²) in [6, 6.07) is 24.8. The first-order valence-corrected chi connectivity index (χ1v) is 13.1. The van der Waals surface area contributed by atoms with Crippen molar-refractivity contribution in [3.05, 3.63) is 107 Å². The zero-order valence-electron chi connectivity index (χ0n) is 22.5. The van der Waals surface area contributed by atoms with Gasteiger partial charge >= 0.3 is 0 Å². The molecule has 5 rings (SSSR count). The standard InChI is InChI=1S/C31H32N6O2/c1-4-7-29-32-21(2)28(18-22-10-12-23(13-11-22)19-38-3)31(33-29)39-20-24-14-16-25(17-15-24)26-8-5-6-9-27(26)30-34-36-37-35-30/h5-6,8-17H,4,7,18-20H2,1-3H3,(H,34,35,36,37). The van der Waals surface area contributed by atoms with E-state index in [0.717, 1.165) is 57.7 Å². The van der Waals surface area contributed by atoms with E-state index in [2.05, 4.69) is 82.1 Å². The van der Waals surface area contributed by atoms with Crippen molar-refractivity contribution in [1.82, 2.24) is 30.6 Å². The van der Waals surface area contributed by atoms with Gasteiger partial charge in [-0.1, -0.05) is 79.7 Å². The fourth-order valence-electron chi connectivity index (χ4n) is 4.55. The Bertz CT molecular complexity index is 1500. The van der Waals surface area contributed by atoms with Crippen molar-refractivity contribution in [1.29, 1.82) is 0 Å². The number of aryl methyl sites for hydroxylation is 2. The predicted octanol–water partition coefficient (Wildman–Crippen LogP) is 5.90. The maximum Gasteiger partial charge on any atom is 0.220 e. The van der Waals surface area contributed by atoms with E-state index in [4.69, 9.17) is 19.4 Å². The molecule has 0 aliphatic heterocycles. The molecule has 8 nitrogen and oxygen atoms in total. The van der Waals surface area contributed by atoms with Crippen molar-refractivity contribution in [2.75, 3.05) is 7.11 Å². The van der Waals surface area contributed by atoms with Crippen molar-refractivity contribution < 1.29 is 9.47 Å². The molecule has 198 valence electrons. The first kappa shape index (κ1) is 26.2. The number of nitrogens with zero attached hydrogens (tertiary/aromatic N) is 5. The Kier molecular flexibility index (Phi) is 8.33. The largest absolute Gasteiger partial charge is 0.472 e. The normalized spacial score (nSPS) is 11.1. The van der Waals surface area contributed by atoms with Crippen LogP contribution in [0.5, 0.6) is 5.88 Å². The second-order valence-electron chi connectivity index (χ2n) is 9.45. The van der Waals surface area contributed by atoms with Crippen LogP contribution in [0, 0.1) is 6.92 Å². The zero-order chi connectivity index (χ0) is 27.0. The number of hydrogen-bond donors (Lipinski definition) is 1. The number of benzene rings is 3. The molecule has 0 spiro atoms. The quantitative estimate of drug-likeness (QED) is 0.231. The topological polar surface area (TPSA) is 98.7 Å². The maximum absolute atomic E-state index is 6.35. The molecule has 0 bridgehead atoms. The fraction of sp³-hybridized carbons (Fsp3) is 0.258. The van der Waals surface area contributed by atoms with E-state index in [1.54, 1.807) is 7.11 Å². The summed E-state index contributed by atoms with van der Waals surface area (Å²) < 4.78 is 11.6. The second-order valence-corrected chi connectivity index (χ2v) is 9.45. The molecule has 0 amide bonds. The number of nitrogens with one attached hydrogen (secondary N) is 1. The van der Waals surface area contributed by atoms with E-state index in [0.29, 0.717) is 31.3 Å². The van der Waals surface area contributed by atoms with Crippen molar-refractivity contribution in [2.24, 2.45) is 0 Å². The summed E-state index contributed by atoms with van der Waals surface area (Å²) in [5.41, 5.74) is 8.39. The highest BCUT2D eigenvalue weighted by Gasteiger charge is 2.15. The van der Waals surface area contributed by atoms with Crippen LogP contribution in [-0.4, -0.2) is 37.7 Å². The van der Waals surface area contributed by atoms with Gasteiger partial charge in [-0.3, -0.25) is 0 Å². The van der Waals surface area contributed by atoms with Crippen LogP contribution < -0.4 is 4.74 Å². The number of H-pyrrole nitrogens is 1. The van der Waals surface area contributed by atoms with Crippen LogP contribution in [0.3, 0.4) is 0 Å².